The number of rotatable bonds is 29. The number of hydrogen-bond donors (Lipinski definition) is 13. The summed E-state index contributed by atoms with van der Waals surface area (Å²) in [4.78, 5) is 128. The van der Waals surface area contributed by atoms with Crippen molar-refractivity contribution >= 4 is 59.3 Å². The van der Waals surface area contributed by atoms with Crippen LogP contribution in [-0.4, -0.2) is 142 Å². The van der Waals surface area contributed by atoms with Crippen molar-refractivity contribution in [3.8, 4) is 0 Å². The van der Waals surface area contributed by atoms with Gasteiger partial charge < -0.3 is 69.1 Å². The zero-order valence-corrected chi connectivity index (χ0v) is 35.2. The van der Waals surface area contributed by atoms with Gasteiger partial charge in [0.1, 0.15) is 42.8 Å². The van der Waals surface area contributed by atoms with E-state index >= 15 is 0 Å². The zero-order valence-electron chi connectivity index (χ0n) is 35.2. The summed E-state index contributed by atoms with van der Waals surface area (Å²) in [6, 6.07) is -1.76. The minimum atomic E-state index is -1.97. The van der Waals surface area contributed by atoms with Crippen LogP contribution in [0, 0.1) is 11.8 Å². The number of hydrogen-bond acceptors (Lipinski definition) is 13. The first-order valence-electron chi connectivity index (χ1n) is 20.0. The van der Waals surface area contributed by atoms with E-state index in [-0.39, 0.29) is 25.8 Å². The molecule has 0 bridgehead atoms. The highest BCUT2D eigenvalue weighted by atomic mass is 16.4. The SMILES string of the molecule is CC[C@H](C)[C@H](NC(=O)[C@@H](NC(=O)[C@@H](N)Cc1ccccc1)C(C)C)C(=O)N[C@@H](CC(=O)O)C(=O)N[C@@H](CC(=O)O)C(=O)N[C@@H](CCCCN)C(=O)N[C@@H](CO)C(=O)NCC(=O)O. The van der Waals surface area contributed by atoms with Crippen LogP contribution in [0.4, 0.5) is 0 Å². The molecule has 1 rings (SSSR count). The van der Waals surface area contributed by atoms with Gasteiger partial charge in [-0.3, -0.25) is 47.9 Å². The molecule has 1 aromatic carbocycles. The number of carboxylic acid groups (broad SMARTS) is 3. The number of aliphatic carboxylic acids is 3. The summed E-state index contributed by atoms with van der Waals surface area (Å²) >= 11 is 0. The van der Waals surface area contributed by atoms with E-state index in [9.17, 15) is 63.3 Å². The third-order valence-electron chi connectivity index (χ3n) is 9.51. The lowest BCUT2D eigenvalue weighted by Gasteiger charge is -2.30. The Labute approximate surface area is 358 Å². The van der Waals surface area contributed by atoms with E-state index in [0.717, 1.165) is 5.56 Å². The molecule has 0 heterocycles. The largest absolute Gasteiger partial charge is 0.481 e. The molecule has 0 aliphatic rings. The van der Waals surface area contributed by atoms with Crippen LogP contribution in [0.5, 0.6) is 0 Å². The minimum Gasteiger partial charge on any atom is -0.481 e. The summed E-state index contributed by atoms with van der Waals surface area (Å²) in [5.41, 5.74) is 12.4. The van der Waals surface area contributed by atoms with Crippen LogP contribution in [0.25, 0.3) is 0 Å². The molecule has 0 spiro atoms. The third kappa shape index (κ3) is 19.5. The summed E-state index contributed by atoms with van der Waals surface area (Å²) in [7, 11) is 0. The summed E-state index contributed by atoms with van der Waals surface area (Å²) in [5.74, 6) is -12.9. The van der Waals surface area contributed by atoms with Crippen LogP contribution in [-0.2, 0) is 54.4 Å². The van der Waals surface area contributed by atoms with Gasteiger partial charge in [-0.1, -0.05) is 64.4 Å². The van der Waals surface area contributed by atoms with Crippen molar-refractivity contribution in [2.24, 2.45) is 23.3 Å². The fraction of sp³-hybridized carbons (Fsp3) is 0.590. The van der Waals surface area contributed by atoms with Crippen molar-refractivity contribution in [1.29, 1.82) is 0 Å². The summed E-state index contributed by atoms with van der Waals surface area (Å²) < 4.78 is 0. The average Bonchev–Trinajstić information content (AvgIpc) is 3.21. The second-order valence-corrected chi connectivity index (χ2v) is 14.9. The molecule has 346 valence electrons. The Balaban J connectivity index is 3.30. The van der Waals surface area contributed by atoms with Crippen molar-refractivity contribution in [2.75, 3.05) is 19.7 Å². The third-order valence-corrected chi connectivity index (χ3v) is 9.51. The van der Waals surface area contributed by atoms with E-state index in [2.05, 4.69) is 31.9 Å². The van der Waals surface area contributed by atoms with E-state index < -0.39 is 139 Å². The van der Waals surface area contributed by atoms with Gasteiger partial charge in [0.2, 0.25) is 41.4 Å². The Morgan fingerprint density at radius 3 is 1.56 bits per heavy atom. The maximum Gasteiger partial charge on any atom is 0.322 e. The number of benzene rings is 1. The van der Waals surface area contributed by atoms with Crippen LogP contribution in [0.3, 0.4) is 0 Å². The van der Waals surface area contributed by atoms with Crippen molar-refractivity contribution in [3.05, 3.63) is 35.9 Å². The van der Waals surface area contributed by atoms with E-state index in [1.165, 1.54) is 0 Å². The number of nitrogens with one attached hydrogen (secondary N) is 7. The van der Waals surface area contributed by atoms with Gasteiger partial charge in [0.15, 0.2) is 0 Å². The fourth-order valence-electron chi connectivity index (χ4n) is 5.79. The molecular formula is C39H61N9O14. The lowest BCUT2D eigenvalue weighted by atomic mass is 9.95. The molecule has 23 heteroatoms. The molecule has 0 saturated heterocycles. The van der Waals surface area contributed by atoms with Crippen LogP contribution in [0.1, 0.15) is 71.8 Å². The van der Waals surface area contributed by atoms with Gasteiger partial charge >= 0.3 is 17.9 Å². The number of amides is 7. The van der Waals surface area contributed by atoms with Gasteiger partial charge in [-0.15, -0.1) is 0 Å². The molecule has 15 N–H and O–H groups in total. The Bertz CT molecular complexity index is 1710. The molecule has 7 amide bonds. The standard InChI is InChI=1S/C39H61N9O14/c1-5-21(4)32(48-38(61)31(20(2)3)47-33(56)23(41)15-22-11-7-6-8-12-22)39(62)45-26(17-29(52)53)37(60)44-25(16-28(50)51)36(59)43-24(13-9-10-14-40)35(58)46-27(19-49)34(57)42-18-30(54)55/h6-8,11-12,20-21,23-27,31-32,49H,5,9-10,13-19,40-41H2,1-4H3,(H,42,57)(H,43,59)(H,44,60)(H,45,62)(H,46,58)(H,47,56)(H,48,61)(H,50,51)(H,52,53)(H,54,55)/t21-,23-,24-,25-,26-,27-,31-,32-/m0/s1. The van der Waals surface area contributed by atoms with Crippen LogP contribution in [0.15, 0.2) is 30.3 Å². The first-order chi connectivity index (χ1) is 29.1. The summed E-state index contributed by atoms with van der Waals surface area (Å²) in [6.07, 6.45) is -1.27. The van der Waals surface area contributed by atoms with Gasteiger partial charge in [0.25, 0.3) is 0 Å². The Kier molecular flexibility index (Phi) is 24.0. The Hall–Kier alpha value is -6.20. The number of nitrogens with two attached hydrogens (primary N) is 2. The van der Waals surface area contributed by atoms with Crippen molar-refractivity contribution in [2.45, 2.75) is 115 Å². The van der Waals surface area contributed by atoms with Crippen LogP contribution in [0.2, 0.25) is 0 Å². The van der Waals surface area contributed by atoms with E-state index in [1.807, 2.05) is 5.32 Å². The highest BCUT2D eigenvalue weighted by molar-refractivity contribution is 5.99. The molecule has 0 fully saturated rings. The second kappa shape index (κ2) is 27.6. The monoisotopic (exact) mass is 879 g/mol. The normalized spacial score (nSPS) is 14.8. The van der Waals surface area contributed by atoms with Gasteiger partial charge in [0.05, 0.1) is 25.5 Å². The van der Waals surface area contributed by atoms with Gasteiger partial charge in [0, 0.05) is 0 Å². The molecule has 0 saturated carbocycles. The molecule has 0 aliphatic heterocycles. The van der Waals surface area contributed by atoms with Crippen molar-refractivity contribution in [3.63, 3.8) is 0 Å². The second-order valence-electron chi connectivity index (χ2n) is 14.9. The van der Waals surface area contributed by atoms with Crippen LogP contribution < -0.4 is 48.7 Å². The number of aliphatic hydroxyl groups excluding tert-OH is 1. The number of unbranched alkanes of at least 4 members (excludes halogenated alkanes) is 1. The minimum absolute atomic E-state index is 0.139. The Morgan fingerprint density at radius 2 is 1.08 bits per heavy atom. The van der Waals surface area contributed by atoms with E-state index in [0.29, 0.717) is 12.8 Å². The fourth-order valence-corrected chi connectivity index (χ4v) is 5.79. The predicted molar refractivity (Wildman–Crippen MR) is 219 cm³/mol. The van der Waals surface area contributed by atoms with Gasteiger partial charge in [-0.25, -0.2) is 0 Å². The molecule has 62 heavy (non-hydrogen) atoms. The molecule has 8 atom stereocenters. The maximum atomic E-state index is 13.8. The van der Waals surface area contributed by atoms with Crippen molar-refractivity contribution in [1.82, 2.24) is 37.2 Å². The highest BCUT2D eigenvalue weighted by Gasteiger charge is 2.37. The molecular weight excluding hydrogens is 818 g/mol. The van der Waals surface area contributed by atoms with E-state index in [1.54, 1.807) is 58.0 Å². The smallest absolute Gasteiger partial charge is 0.322 e. The van der Waals surface area contributed by atoms with Crippen molar-refractivity contribution < 1.29 is 68.4 Å². The quantitative estimate of drug-likeness (QED) is 0.0346. The van der Waals surface area contributed by atoms with Gasteiger partial charge in [-0.05, 0) is 49.6 Å². The van der Waals surface area contributed by atoms with E-state index in [4.69, 9.17) is 16.6 Å². The molecule has 0 unspecified atom stereocenters. The number of aliphatic hydroxyl groups is 1. The highest BCUT2D eigenvalue weighted by Crippen LogP contribution is 2.13. The lowest BCUT2D eigenvalue weighted by Crippen LogP contribution is -2.61. The zero-order chi connectivity index (χ0) is 47.1. The number of carboxylic acids is 3. The molecule has 1 aromatic rings. The lowest BCUT2D eigenvalue weighted by molar-refractivity contribution is -0.144. The Morgan fingerprint density at radius 1 is 0.597 bits per heavy atom. The summed E-state index contributed by atoms with van der Waals surface area (Å²) in [6.45, 7) is 4.94. The molecule has 0 radical (unpaired) electrons. The first kappa shape index (κ1) is 53.8. The molecule has 0 aromatic heterocycles. The predicted octanol–water partition coefficient (Wildman–Crippen LogP) is -3.56. The molecule has 23 nitrogen and oxygen atoms in total. The maximum absolute atomic E-state index is 13.8. The number of carbonyl (C=O) groups is 10. The first-order valence-corrected chi connectivity index (χ1v) is 20.0. The van der Waals surface area contributed by atoms with Gasteiger partial charge in [-0.2, -0.15) is 0 Å². The average molecular weight is 880 g/mol. The molecule has 0 aliphatic carbocycles. The van der Waals surface area contributed by atoms with Crippen LogP contribution >= 0.6 is 0 Å². The number of carbonyl (C=O) groups excluding carboxylic acids is 7. The topological polar surface area (TPSA) is 388 Å². The summed E-state index contributed by atoms with van der Waals surface area (Å²) in [5, 5.41) is 53.7.